The van der Waals surface area contributed by atoms with Crippen LogP contribution < -0.4 is 11.1 Å². The largest absolute Gasteiger partial charge is 0.481 e. The Morgan fingerprint density at radius 1 is 1.35 bits per heavy atom. The van der Waals surface area contributed by atoms with Gasteiger partial charge in [0.25, 0.3) is 0 Å². The summed E-state index contributed by atoms with van der Waals surface area (Å²) in [4.78, 5) is 22.6. The molecule has 0 aromatic carbocycles. The van der Waals surface area contributed by atoms with E-state index in [2.05, 4.69) is 5.32 Å². The molecule has 5 heteroatoms. The SMILES string of the molecule is CCCC(CC(=O)O)NC(=O)C(CN)C(C)C. The second-order valence-corrected chi connectivity index (χ2v) is 4.68. The molecule has 4 N–H and O–H groups in total. The number of hydrogen-bond acceptors (Lipinski definition) is 3. The zero-order valence-corrected chi connectivity index (χ0v) is 10.9. The molecule has 0 aromatic heterocycles. The van der Waals surface area contributed by atoms with Gasteiger partial charge in [-0.1, -0.05) is 27.2 Å². The van der Waals surface area contributed by atoms with Crippen molar-refractivity contribution in [2.24, 2.45) is 17.6 Å². The highest BCUT2D eigenvalue weighted by molar-refractivity contribution is 5.80. The van der Waals surface area contributed by atoms with E-state index in [1.165, 1.54) is 0 Å². The van der Waals surface area contributed by atoms with Gasteiger partial charge in [-0.2, -0.15) is 0 Å². The summed E-state index contributed by atoms with van der Waals surface area (Å²) in [5.41, 5.74) is 5.55. The summed E-state index contributed by atoms with van der Waals surface area (Å²) in [6.07, 6.45) is 1.48. The van der Waals surface area contributed by atoms with Crippen LogP contribution in [-0.4, -0.2) is 29.6 Å². The van der Waals surface area contributed by atoms with Crippen molar-refractivity contribution in [2.75, 3.05) is 6.54 Å². The average molecular weight is 244 g/mol. The van der Waals surface area contributed by atoms with Crippen LogP contribution in [0.25, 0.3) is 0 Å². The number of amides is 1. The van der Waals surface area contributed by atoms with Crippen molar-refractivity contribution in [3.05, 3.63) is 0 Å². The van der Waals surface area contributed by atoms with Gasteiger partial charge in [-0.3, -0.25) is 9.59 Å². The van der Waals surface area contributed by atoms with E-state index >= 15 is 0 Å². The molecule has 1 amide bonds. The van der Waals surface area contributed by atoms with Crippen LogP contribution in [0.15, 0.2) is 0 Å². The van der Waals surface area contributed by atoms with Gasteiger partial charge in [0.1, 0.15) is 0 Å². The normalized spacial score (nSPS) is 14.4. The molecule has 0 aromatic rings. The Labute approximate surface area is 103 Å². The van der Waals surface area contributed by atoms with Crippen molar-refractivity contribution in [1.82, 2.24) is 5.32 Å². The molecule has 0 aliphatic heterocycles. The van der Waals surface area contributed by atoms with Crippen LogP contribution in [0, 0.1) is 11.8 Å². The maximum atomic E-state index is 11.9. The van der Waals surface area contributed by atoms with E-state index in [-0.39, 0.29) is 36.8 Å². The molecule has 0 saturated heterocycles. The summed E-state index contributed by atoms with van der Waals surface area (Å²) in [5, 5.41) is 11.5. The fourth-order valence-corrected chi connectivity index (χ4v) is 1.77. The van der Waals surface area contributed by atoms with Crippen molar-refractivity contribution in [1.29, 1.82) is 0 Å². The van der Waals surface area contributed by atoms with Crippen molar-refractivity contribution < 1.29 is 14.7 Å². The van der Waals surface area contributed by atoms with E-state index < -0.39 is 5.97 Å². The third-order valence-corrected chi connectivity index (χ3v) is 2.80. The molecule has 0 aliphatic rings. The third-order valence-electron chi connectivity index (χ3n) is 2.80. The molecule has 0 spiro atoms. The molecule has 0 fully saturated rings. The van der Waals surface area contributed by atoms with Gasteiger partial charge in [0.05, 0.1) is 12.3 Å². The van der Waals surface area contributed by atoms with Crippen LogP contribution in [0.3, 0.4) is 0 Å². The van der Waals surface area contributed by atoms with Crippen LogP contribution in [0.1, 0.15) is 40.0 Å². The third kappa shape index (κ3) is 6.26. The van der Waals surface area contributed by atoms with E-state index in [1.807, 2.05) is 20.8 Å². The van der Waals surface area contributed by atoms with Crippen LogP contribution in [0.2, 0.25) is 0 Å². The van der Waals surface area contributed by atoms with E-state index in [4.69, 9.17) is 10.8 Å². The number of carboxylic acid groups (broad SMARTS) is 1. The number of rotatable bonds is 8. The van der Waals surface area contributed by atoms with E-state index in [0.717, 1.165) is 6.42 Å². The quantitative estimate of drug-likeness (QED) is 0.593. The highest BCUT2D eigenvalue weighted by Crippen LogP contribution is 2.11. The lowest BCUT2D eigenvalue weighted by Gasteiger charge is -2.22. The molecule has 0 rings (SSSR count). The minimum absolute atomic E-state index is 0.0328. The molecule has 17 heavy (non-hydrogen) atoms. The summed E-state index contributed by atoms with van der Waals surface area (Å²) in [5.74, 6) is -1.12. The molecular formula is C12H24N2O3. The van der Waals surface area contributed by atoms with Crippen molar-refractivity contribution >= 4 is 11.9 Å². The predicted molar refractivity (Wildman–Crippen MR) is 66.5 cm³/mol. The van der Waals surface area contributed by atoms with E-state index in [9.17, 15) is 9.59 Å². The predicted octanol–water partition coefficient (Wildman–Crippen LogP) is 0.977. The Balaban J connectivity index is 4.41. The van der Waals surface area contributed by atoms with Gasteiger partial charge in [-0.15, -0.1) is 0 Å². The number of hydrogen-bond donors (Lipinski definition) is 3. The molecular weight excluding hydrogens is 220 g/mol. The number of aliphatic carboxylic acids is 1. The Hall–Kier alpha value is -1.10. The van der Waals surface area contributed by atoms with Gasteiger partial charge in [-0.25, -0.2) is 0 Å². The van der Waals surface area contributed by atoms with E-state index in [0.29, 0.717) is 6.42 Å². The molecule has 2 atom stereocenters. The molecule has 100 valence electrons. The Morgan fingerprint density at radius 3 is 2.29 bits per heavy atom. The topological polar surface area (TPSA) is 92.4 Å². The molecule has 0 saturated carbocycles. The summed E-state index contributed by atoms with van der Waals surface area (Å²) in [7, 11) is 0. The Morgan fingerprint density at radius 2 is 1.94 bits per heavy atom. The smallest absolute Gasteiger partial charge is 0.305 e. The summed E-state index contributed by atoms with van der Waals surface area (Å²) >= 11 is 0. The molecule has 0 bridgehead atoms. The first-order chi connectivity index (χ1) is 7.92. The first-order valence-corrected chi connectivity index (χ1v) is 6.14. The maximum Gasteiger partial charge on any atom is 0.305 e. The van der Waals surface area contributed by atoms with Crippen LogP contribution in [0.4, 0.5) is 0 Å². The van der Waals surface area contributed by atoms with E-state index in [1.54, 1.807) is 0 Å². The molecule has 0 aliphatic carbocycles. The average Bonchev–Trinajstić information content (AvgIpc) is 2.16. The Bertz CT molecular complexity index is 254. The number of nitrogens with one attached hydrogen (secondary N) is 1. The van der Waals surface area contributed by atoms with Crippen molar-refractivity contribution in [3.8, 4) is 0 Å². The standard InChI is InChI=1S/C12H24N2O3/c1-4-5-9(6-11(15)16)14-12(17)10(7-13)8(2)3/h8-10H,4-7,13H2,1-3H3,(H,14,17)(H,15,16). The minimum Gasteiger partial charge on any atom is -0.481 e. The highest BCUT2D eigenvalue weighted by Gasteiger charge is 2.23. The number of nitrogens with two attached hydrogens (primary N) is 1. The molecule has 0 heterocycles. The monoisotopic (exact) mass is 244 g/mol. The van der Waals surface area contributed by atoms with Gasteiger partial charge in [0.15, 0.2) is 0 Å². The highest BCUT2D eigenvalue weighted by atomic mass is 16.4. The summed E-state index contributed by atoms with van der Waals surface area (Å²) in [6, 6.07) is -0.294. The maximum absolute atomic E-state index is 11.9. The number of carboxylic acids is 1. The van der Waals surface area contributed by atoms with Crippen LogP contribution in [0.5, 0.6) is 0 Å². The van der Waals surface area contributed by atoms with Gasteiger partial charge in [0.2, 0.25) is 5.91 Å². The lowest BCUT2D eigenvalue weighted by molar-refractivity contribution is -0.138. The van der Waals surface area contributed by atoms with Crippen molar-refractivity contribution in [2.45, 2.75) is 46.1 Å². The summed E-state index contributed by atoms with van der Waals surface area (Å²) < 4.78 is 0. The van der Waals surface area contributed by atoms with Gasteiger partial charge >= 0.3 is 5.97 Å². The minimum atomic E-state index is -0.891. The fourth-order valence-electron chi connectivity index (χ4n) is 1.77. The van der Waals surface area contributed by atoms with Crippen molar-refractivity contribution in [3.63, 3.8) is 0 Å². The fraction of sp³-hybridized carbons (Fsp3) is 0.833. The lowest BCUT2D eigenvalue weighted by atomic mass is 9.94. The number of carbonyl (C=O) groups is 2. The van der Waals surface area contributed by atoms with Crippen LogP contribution >= 0.6 is 0 Å². The summed E-state index contributed by atoms with van der Waals surface area (Å²) in [6.45, 7) is 6.12. The van der Waals surface area contributed by atoms with Gasteiger partial charge in [0, 0.05) is 12.6 Å². The van der Waals surface area contributed by atoms with Gasteiger partial charge < -0.3 is 16.2 Å². The zero-order valence-electron chi connectivity index (χ0n) is 10.9. The zero-order chi connectivity index (χ0) is 13.4. The molecule has 5 nitrogen and oxygen atoms in total. The Kier molecular flexibility index (Phi) is 7.54. The lowest BCUT2D eigenvalue weighted by Crippen LogP contribution is -2.43. The second-order valence-electron chi connectivity index (χ2n) is 4.68. The first-order valence-electron chi connectivity index (χ1n) is 6.14. The van der Waals surface area contributed by atoms with Crippen LogP contribution in [-0.2, 0) is 9.59 Å². The first kappa shape index (κ1) is 15.9. The van der Waals surface area contributed by atoms with Gasteiger partial charge in [-0.05, 0) is 12.3 Å². The molecule has 0 radical (unpaired) electrons. The number of carbonyl (C=O) groups excluding carboxylic acids is 1. The molecule has 2 unspecified atom stereocenters. The second kappa shape index (κ2) is 8.06.